The van der Waals surface area contributed by atoms with Crippen LogP contribution in [0.2, 0.25) is 0 Å². The molecule has 20 heavy (non-hydrogen) atoms. The third-order valence-electron chi connectivity index (χ3n) is 3.77. The van der Waals surface area contributed by atoms with Crippen molar-refractivity contribution in [2.45, 2.75) is 31.0 Å². The van der Waals surface area contributed by atoms with Gasteiger partial charge in [0.05, 0.1) is 0 Å². The number of hydrogen-bond acceptors (Lipinski definition) is 2. The van der Waals surface area contributed by atoms with Crippen molar-refractivity contribution < 1.29 is 26.7 Å². The summed E-state index contributed by atoms with van der Waals surface area (Å²) in [5.41, 5.74) is -2.48. The van der Waals surface area contributed by atoms with Gasteiger partial charge in [-0.3, -0.25) is 9.48 Å². The minimum atomic E-state index is -4.80. The summed E-state index contributed by atoms with van der Waals surface area (Å²) in [7, 11) is 1.27. The molecule has 110 valence electrons. The summed E-state index contributed by atoms with van der Waals surface area (Å²) >= 11 is 0. The summed E-state index contributed by atoms with van der Waals surface area (Å²) < 4.78 is 67.2. The molecule has 2 aliphatic carbocycles. The number of aromatic nitrogens is 2. The summed E-state index contributed by atoms with van der Waals surface area (Å²) in [5.74, 6) is -5.92. The zero-order valence-electron chi connectivity index (χ0n) is 10.3. The van der Waals surface area contributed by atoms with E-state index in [-0.39, 0.29) is 6.42 Å². The maximum absolute atomic E-state index is 14.0. The van der Waals surface area contributed by atoms with E-state index in [2.05, 4.69) is 10.4 Å². The van der Waals surface area contributed by atoms with Crippen LogP contribution in [0.15, 0.2) is 0 Å². The Labute approximate surface area is 109 Å². The first-order chi connectivity index (χ1) is 9.17. The Morgan fingerprint density at radius 2 is 2.15 bits per heavy atom. The second-order valence-electron chi connectivity index (χ2n) is 5.01. The number of carbonyl (C=O) groups excluding carboxylic acids is 1. The Kier molecular flexibility index (Phi) is 2.47. The summed E-state index contributed by atoms with van der Waals surface area (Å²) in [6.07, 6.45) is -4.76. The van der Waals surface area contributed by atoms with Gasteiger partial charge in [0.25, 0.3) is 5.92 Å². The Bertz CT molecular complexity index is 592. The fourth-order valence-electron chi connectivity index (χ4n) is 2.81. The van der Waals surface area contributed by atoms with Gasteiger partial charge < -0.3 is 5.32 Å². The predicted molar refractivity (Wildman–Crippen MR) is 56.0 cm³/mol. The third kappa shape index (κ3) is 1.64. The first kappa shape index (κ1) is 13.3. The van der Waals surface area contributed by atoms with Crippen LogP contribution in [0.25, 0.3) is 0 Å². The van der Waals surface area contributed by atoms with E-state index in [4.69, 9.17) is 0 Å². The third-order valence-corrected chi connectivity index (χ3v) is 3.77. The standard InChI is InChI=1S/C11H10F5N3O/c1-17-6(20)3-19-9-7(8(18-19)11(14,15)16)4-2-5(4)10(9,12)13/h4-5H,2-3H2,1H3,(H,17,20)/t4?,5-/m1/s1. The summed E-state index contributed by atoms with van der Waals surface area (Å²) in [4.78, 5) is 11.2. The number of amides is 1. The van der Waals surface area contributed by atoms with Crippen LogP contribution >= 0.6 is 0 Å². The van der Waals surface area contributed by atoms with Crippen LogP contribution in [-0.2, 0) is 23.4 Å². The second kappa shape index (κ2) is 3.70. The van der Waals surface area contributed by atoms with E-state index in [0.717, 1.165) is 0 Å². The lowest BCUT2D eigenvalue weighted by Crippen LogP contribution is -2.28. The van der Waals surface area contributed by atoms with Crippen LogP contribution in [0.1, 0.15) is 29.3 Å². The quantitative estimate of drug-likeness (QED) is 0.847. The van der Waals surface area contributed by atoms with Crippen molar-refractivity contribution in [2.24, 2.45) is 5.92 Å². The highest BCUT2D eigenvalue weighted by atomic mass is 19.4. The van der Waals surface area contributed by atoms with E-state index in [9.17, 15) is 26.7 Å². The molecule has 1 aromatic rings. The van der Waals surface area contributed by atoms with Gasteiger partial charge >= 0.3 is 6.18 Å². The molecule has 1 heterocycles. The lowest BCUT2D eigenvalue weighted by molar-refractivity contribution is -0.142. The summed E-state index contributed by atoms with van der Waals surface area (Å²) in [5, 5.41) is 5.39. The van der Waals surface area contributed by atoms with Crippen LogP contribution < -0.4 is 5.32 Å². The van der Waals surface area contributed by atoms with Gasteiger partial charge in [-0.25, -0.2) is 0 Å². The molecule has 0 radical (unpaired) electrons. The molecule has 2 aliphatic rings. The molecule has 1 N–H and O–H groups in total. The summed E-state index contributed by atoms with van der Waals surface area (Å²) in [6, 6.07) is 0. The molecule has 0 saturated heterocycles. The number of fused-ring (bicyclic) bond motifs is 3. The molecule has 1 amide bonds. The molecular formula is C11H10F5N3O. The Balaban J connectivity index is 2.14. The zero-order valence-corrected chi connectivity index (χ0v) is 10.3. The lowest BCUT2D eigenvalue weighted by Gasteiger charge is -2.14. The fraction of sp³-hybridized carbons (Fsp3) is 0.636. The predicted octanol–water partition coefficient (Wildman–Crippen LogP) is 1.86. The van der Waals surface area contributed by atoms with Crippen molar-refractivity contribution in [3.05, 3.63) is 17.0 Å². The highest BCUT2D eigenvalue weighted by molar-refractivity contribution is 5.75. The molecule has 1 aromatic heterocycles. The van der Waals surface area contributed by atoms with Gasteiger partial charge in [-0.1, -0.05) is 0 Å². The number of likely N-dealkylation sites (N-methyl/N-ethyl adjacent to an activating group) is 1. The Morgan fingerprint density at radius 3 is 2.70 bits per heavy atom. The minimum absolute atomic E-state index is 0.0365. The Hall–Kier alpha value is -1.67. The molecule has 0 aromatic carbocycles. The average Bonchev–Trinajstić information content (AvgIpc) is 2.98. The van der Waals surface area contributed by atoms with E-state index in [1.54, 1.807) is 0 Å². The van der Waals surface area contributed by atoms with E-state index >= 15 is 0 Å². The monoisotopic (exact) mass is 295 g/mol. The van der Waals surface area contributed by atoms with Crippen molar-refractivity contribution in [3.63, 3.8) is 0 Å². The minimum Gasteiger partial charge on any atom is -0.358 e. The molecule has 3 rings (SSSR count). The van der Waals surface area contributed by atoms with Gasteiger partial charge in [-0.15, -0.1) is 0 Å². The van der Waals surface area contributed by atoms with Crippen molar-refractivity contribution in [1.82, 2.24) is 15.1 Å². The molecule has 4 nitrogen and oxygen atoms in total. The lowest BCUT2D eigenvalue weighted by atomic mass is 10.1. The first-order valence-electron chi connectivity index (χ1n) is 5.94. The van der Waals surface area contributed by atoms with Crippen LogP contribution in [-0.4, -0.2) is 22.7 Å². The molecule has 9 heteroatoms. The van der Waals surface area contributed by atoms with Crippen molar-refractivity contribution in [1.29, 1.82) is 0 Å². The van der Waals surface area contributed by atoms with E-state index in [0.29, 0.717) is 4.68 Å². The van der Waals surface area contributed by atoms with Crippen molar-refractivity contribution in [3.8, 4) is 0 Å². The van der Waals surface area contributed by atoms with E-state index in [1.807, 2.05) is 0 Å². The van der Waals surface area contributed by atoms with E-state index in [1.165, 1.54) is 7.05 Å². The van der Waals surface area contributed by atoms with Crippen LogP contribution in [0, 0.1) is 5.92 Å². The molecular weight excluding hydrogens is 285 g/mol. The zero-order chi connectivity index (χ0) is 14.9. The highest BCUT2D eigenvalue weighted by Gasteiger charge is 2.68. The first-order valence-corrected chi connectivity index (χ1v) is 5.94. The molecule has 0 spiro atoms. The number of nitrogens with one attached hydrogen (secondary N) is 1. The van der Waals surface area contributed by atoms with Gasteiger partial charge in [0.1, 0.15) is 12.2 Å². The fourth-order valence-corrected chi connectivity index (χ4v) is 2.81. The SMILES string of the molecule is CNC(=O)Cn1nc(C(F)(F)F)c2c1C(F)(F)[C@@H]1CC21. The number of hydrogen-bond donors (Lipinski definition) is 1. The smallest absolute Gasteiger partial charge is 0.358 e. The van der Waals surface area contributed by atoms with Crippen LogP contribution in [0.5, 0.6) is 0 Å². The summed E-state index contributed by atoms with van der Waals surface area (Å²) in [6.45, 7) is -0.649. The second-order valence-corrected chi connectivity index (χ2v) is 5.01. The number of alkyl halides is 5. The maximum atomic E-state index is 14.0. The van der Waals surface area contributed by atoms with Gasteiger partial charge in [-0.2, -0.15) is 27.1 Å². The normalized spacial score (nSPS) is 26.1. The van der Waals surface area contributed by atoms with Gasteiger partial charge in [0, 0.05) is 18.5 Å². The molecule has 0 bridgehead atoms. The van der Waals surface area contributed by atoms with Crippen molar-refractivity contribution >= 4 is 5.91 Å². The Morgan fingerprint density at radius 1 is 1.50 bits per heavy atom. The van der Waals surface area contributed by atoms with E-state index < -0.39 is 53.3 Å². The average molecular weight is 295 g/mol. The van der Waals surface area contributed by atoms with Crippen molar-refractivity contribution in [2.75, 3.05) is 7.05 Å². The number of rotatable bonds is 2. The molecule has 0 aliphatic heterocycles. The number of carbonyl (C=O) groups is 1. The van der Waals surface area contributed by atoms with Gasteiger partial charge in [0.15, 0.2) is 5.69 Å². The number of nitrogens with zero attached hydrogens (tertiary/aromatic N) is 2. The molecule has 2 atom stereocenters. The van der Waals surface area contributed by atoms with Gasteiger partial charge in [0.2, 0.25) is 5.91 Å². The van der Waals surface area contributed by atoms with Crippen LogP contribution in [0.3, 0.4) is 0 Å². The molecule has 1 fully saturated rings. The molecule has 1 unspecified atom stereocenters. The van der Waals surface area contributed by atoms with Crippen LogP contribution in [0.4, 0.5) is 22.0 Å². The highest BCUT2D eigenvalue weighted by Crippen LogP contribution is 2.68. The maximum Gasteiger partial charge on any atom is 0.435 e. The topological polar surface area (TPSA) is 46.9 Å². The van der Waals surface area contributed by atoms with Gasteiger partial charge in [-0.05, 0) is 12.3 Å². The molecule has 1 saturated carbocycles. The largest absolute Gasteiger partial charge is 0.435 e. The number of halogens is 5.